The lowest BCUT2D eigenvalue weighted by atomic mass is 10.0. The lowest BCUT2D eigenvalue weighted by molar-refractivity contribution is -0.294. The Kier molecular flexibility index (Phi) is 21.9. The molecule has 0 unspecified atom stereocenters. The van der Waals surface area contributed by atoms with Crippen molar-refractivity contribution < 1.29 is 77.9 Å². The van der Waals surface area contributed by atoms with Crippen LogP contribution in [-0.4, -0.2) is 172 Å². The molecule has 0 radical (unpaired) electrons. The smallest absolute Gasteiger partial charge is 0.326 e. The van der Waals surface area contributed by atoms with E-state index < -0.39 is 66.5 Å². The predicted octanol–water partition coefficient (Wildman–Crippen LogP) is 2.85. The van der Waals surface area contributed by atoms with Crippen LogP contribution < -0.4 is 20.7 Å². The van der Waals surface area contributed by atoms with Crippen LogP contribution in [0.4, 0.5) is 0 Å². The molecule has 1 aliphatic heterocycles. The molecule has 22 nitrogen and oxygen atoms in total. The Morgan fingerprint density at radius 2 is 1.18 bits per heavy atom. The van der Waals surface area contributed by atoms with Gasteiger partial charge >= 0.3 is 11.9 Å². The number of aliphatic hydroxyl groups is 3. The number of rotatable bonds is 31. The van der Waals surface area contributed by atoms with Crippen LogP contribution in [0.25, 0.3) is 21.5 Å². The summed E-state index contributed by atoms with van der Waals surface area (Å²) in [7, 11) is 0. The Bertz CT molecular complexity index is 2820. The van der Waals surface area contributed by atoms with Crippen molar-refractivity contribution in [3.05, 3.63) is 137 Å². The second-order valence-electron chi connectivity index (χ2n) is 18.7. The molecule has 2 heterocycles. The van der Waals surface area contributed by atoms with Crippen molar-refractivity contribution in [1.29, 1.82) is 0 Å². The zero-order valence-corrected chi connectivity index (χ0v) is 43.1. The SMILES string of the molecule is C[C@@H]1O[C@@H](OCCOCCOCCOCCn2cc(CCCC(=O)NCCOc3cc(C(=O)N[C@@H](Cc4ccc5ccccc5c4)C(=O)O)cc(C(=O)N[C@H](Cc4ccc5ccccc5c4)C(=O)O)c3)nn2)[C@H](O)[C@H](O)[C@H]1O. The first kappa shape index (κ1) is 58.3. The van der Waals surface area contributed by atoms with Crippen LogP contribution in [0.5, 0.6) is 5.75 Å². The van der Waals surface area contributed by atoms with Crippen LogP contribution in [0.15, 0.2) is 109 Å². The Morgan fingerprint density at radius 3 is 1.74 bits per heavy atom. The lowest BCUT2D eigenvalue weighted by Gasteiger charge is -2.38. The highest BCUT2D eigenvalue weighted by atomic mass is 16.7. The summed E-state index contributed by atoms with van der Waals surface area (Å²) in [5, 5.41) is 69.9. The highest BCUT2D eigenvalue weighted by Gasteiger charge is 2.42. The van der Waals surface area contributed by atoms with Crippen LogP contribution >= 0.6 is 0 Å². The van der Waals surface area contributed by atoms with Crippen LogP contribution in [0.2, 0.25) is 0 Å². The third-order valence-corrected chi connectivity index (χ3v) is 12.8. The molecule has 5 aromatic carbocycles. The highest BCUT2D eigenvalue weighted by Crippen LogP contribution is 2.23. The number of nitrogens with one attached hydrogen (secondary N) is 3. The van der Waals surface area contributed by atoms with Gasteiger partial charge in [-0.15, -0.1) is 5.10 Å². The van der Waals surface area contributed by atoms with Crippen molar-refractivity contribution in [2.45, 2.75) is 88.4 Å². The summed E-state index contributed by atoms with van der Waals surface area (Å²) < 4.78 is 35.0. The molecule has 78 heavy (non-hydrogen) atoms. The molecule has 8 N–H and O–H groups in total. The van der Waals surface area contributed by atoms with E-state index in [2.05, 4.69) is 26.3 Å². The quantitative estimate of drug-likeness (QED) is 0.0290. The number of fused-ring (bicyclic) bond motifs is 2. The molecule has 1 fully saturated rings. The van der Waals surface area contributed by atoms with E-state index in [1.807, 2.05) is 72.8 Å². The molecule has 0 spiro atoms. The molecule has 1 saturated heterocycles. The number of aryl methyl sites for hydroxylation is 1. The first-order valence-corrected chi connectivity index (χ1v) is 25.7. The van der Waals surface area contributed by atoms with Crippen molar-refractivity contribution in [3.63, 3.8) is 0 Å². The summed E-state index contributed by atoms with van der Waals surface area (Å²) >= 11 is 0. The number of ether oxygens (including phenoxy) is 6. The zero-order chi connectivity index (χ0) is 55.4. The van der Waals surface area contributed by atoms with E-state index in [9.17, 15) is 49.5 Å². The number of benzene rings is 5. The van der Waals surface area contributed by atoms with E-state index in [1.165, 1.54) is 18.2 Å². The number of hydrogen-bond acceptors (Lipinski definition) is 16. The normalized spacial score (nSPS) is 18.0. The van der Waals surface area contributed by atoms with E-state index in [0.29, 0.717) is 69.2 Å². The minimum atomic E-state index is -1.37. The topological polar surface area (TPSA) is 309 Å². The second-order valence-corrected chi connectivity index (χ2v) is 18.7. The molecule has 0 aliphatic carbocycles. The van der Waals surface area contributed by atoms with Gasteiger partial charge < -0.3 is 69.9 Å². The van der Waals surface area contributed by atoms with Crippen LogP contribution in [0, 0.1) is 0 Å². The van der Waals surface area contributed by atoms with Crippen molar-refractivity contribution in [1.82, 2.24) is 30.9 Å². The largest absolute Gasteiger partial charge is 0.492 e. The number of aliphatic hydroxyl groups excluding tert-OH is 3. The minimum absolute atomic E-state index is 0.0358. The van der Waals surface area contributed by atoms with Crippen molar-refractivity contribution in [2.24, 2.45) is 0 Å². The van der Waals surface area contributed by atoms with Crippen LogP contribution in [0.1, 0.15) is 57.3 Å². The lowest BCUT2D eigenvalue weighted by Crippen LogP contribution is -2.57. The number of carbonyl (C=O) groups is 5. The summed E-state index contributed by atoms with van der Waals surface area (Å²) in [5.74, 6) is -4.39. The number of aromatic nitrogens is 3. The molecule has 7 atom stereocenters. The first-order chi connectivity index (χ1) is 37.7. The summed E-state index contributed by atoms with van der Waals surface area (Å²) in [6.07, 6.45) is -2.83. The second kappa shape index (κ2) is 29.4. The van der Waals surface area contributed by atoms with E-state index in [0.717, 1.165) is 21.5 Å². The summed E-state index contributed by atoms with van der Waals surface area (Å²) in [4.78, 5) is 65.4. The fourth-order valence-corrected chi connectivity index (χ4v) is 8.55. The van der Waals surface area contributed by atoms with Gasteiger partial charge in [-0.05, 0) is 70.6 Å². The standard InChI is InChI=1S/C56H66N6O16/c1-35-49(64)50(65)51(66)56(78-35)77-26-25-75-24-23-74-22-21-73-20-18-62-34-44(60-61-62)11-6-12-48(63)57-17-19-76-45-32-42(52(67)58-46(54(69)70)29-36-13-15-38-7-2-4-9-40(38)27-36)31-43(33-45)53(68)59-47(55(71)72)30-37-14-16-39-8-3-5-10-41(39)28-37/h2-5,7-10,13-16,27-28,31-35,46-47,49-51,56,64-66H,6,11-12,17-26,29-30H2,1H3,(H,57,63)(H,58,67)(H,59,68)(H,69,70)(H,71,72)/t35-,46-,47+,49-,50+,51+,56+/m0/s1. The molecule has 0 saturated carbocycles. The molecule has 6 aromatic rings. The number of nitrogens with zero attached hydrogens (tertiary/aromatic N) is 3. The average molecular weight is 1080 g/mol. The number of carbonyl (C=O) groups excluding carboxylic acids is 3. The predicted molar refractivity (Wildman–Crippen MR) is 282 cm³/mol. The first-order valence-electron chi connectivity index (χ1n) is 25.7. The van der Waals surface area contributed by atoms with Crippen molar-refractivity contribution in [3.8, 4) is 5.75 Å². The molecule has 1 aliphatic rings. The Balaban J connectivity index is 0.833. The number of amides is 3. The highest BCUT2D eigenvalue weighted by molar-refractivity contribution is 6.02. The zero-order valence-electron chi connectivity index (χ0n) is 43.1. The third kappa shape index (κ3) is 17.6. The molecule has 1 aromatic heterocycles. The van der Waals surface area contributed by atoms with Crippen LogP contribution in [-0.2, 0) is 63.9 Å². The molecular weight excluding hydrogens is 1010 g/mol. The van der Waals surface area contributed by atoms with Crippen molar-refractivity contribution in [2.75, 3.05) is 59.4 Å². The molecule has 22 heteroatoms. The Morgan fingerprint density at radius 1 is 0.641 bits per heavy atom. The van der Waals surface area contributed by atoms with E-state index in [-0.39, 0.29) is 68.4 Å². The number of carboxylic acid groups (broad SMARTS) is 2. The summed E-state index contributed by atoms with van der Waals surface area (Å²) in [6, 6.07) is 27.5. The maximum absolute atomic E-state index is 13.8. The van der Waals surface area contributed by atoms with E-state index >= 15 is 0 Å². The van der Waals surface area contributed by atoms with Gasteiger partial charge in [0, 0.05) is 36.6 Å². The van der Waals surface area contributed by atoms with E-state index in [1.54, 1.807) is 29.9 Å². The van der Waals surface area contributed by atoms with Crippen LogP contribution in [0.3, 0.4) is 0 Å². The number of aliphatic carboxylic acids is 2. The van der Waals surface area contributed by atoms with Gasteiger partial charge in [-0.25, -0.2) is 14.3 Å². The van der Waals surface area contributed by atoms with Gasteiger partial charge in [0.25, 0.3) is 11.8 Å². The van der Waals surface area contributed by atoms with E-state index in [4.69, 9.17) is 28.4 Å². The minimum Gasteiger partial charge on any atom is -0.492 e. The average Bonchev–Trinajstić information content (AvgIpc) is 3.91. The van der Waals surface area contributed by atoms with Gasteiger partial charge in [0.15, 0.2) is 6.29 Å². The summed E-state index contributed by atoms with van der Waals surface area (Å²) in [5.41, 5.74) is 1.82. The Labute approximate surface area is 449 Å². The fraction of sp³-hybridized carbons (Fsp3) is 0.411. The molecule has 416 valence electrons. The number of hydrogen-bond donors (Lipinski definition) is 8. The van der Waals surface area contributed by atoms with Gasteiger partial charge in [-0.1, -0.05) is 90.1 Å². The molecule has 7 rings (SSSR count). The van der Waals surface area contributed by atoms with Gasteiger partial charge in [-0.3, -0.25) is 14.4 Å². The number of carboxylic acids is 2. The fourth-order valence-electron chi connectivity index (χ4n) is 8.55. The molecule has 0 bridgehead atoms. The van der Waals surface area contributed by atoms with Gasteiger partial charge in [0.1, 0.15) is 42.8 Å². The molecular formula is C56H66N6O16. The van der Waals surface area contributed by atoms with Gasteiger partial charge in [0.2, 0.25) is 5.91 Å². The Hall–Kier alpha value is -7.41. The molecule has 3 amide bonds. The van der Waals surface area contributed by atoms with Crippen molar-refractivity contribution >= 4 is 51.2 Å². The maximum atomic E-state index is 13.8. The maximum Gasteiger partial charge on any atom is 0.326 e. The third-order valence-electron chi connectivity index (χ3n) is 12.8. The van der Waals surface area contributed by atoms with Gasteiger partial charge in [0.05, 0.1) is 71.1 Å². The summed E-state index contributed by atoms with van der Waals surface area (Å²) in [6.45, 7) is 4.02. The monoisotopic (exact) mass is 1080 g/mol. The van der Waals surface area contributed by atoms with Gasteiger partial charge in [-0.2, -0.15) is 0 Å².